The minimum Gasteiger partial charge on any atom is -0.222 e. The molecule has 0 fully saturated rings. The quantitative estimate of drug-likeness (QED) is 0.404. The van der Waals surface area contributed by atoms with Crippen molar-refractivity contribution in [2.45, 2.75) is 119 Å². The van der Waals surface area contributed by atoms with E-state index in [9.17, 15) is 4.57 Å². The average molecular weight is 486 g/mol. The van der Waals surface area contributed by atoms with Gasteiger partial charge in [-0.3, -0.25) is 0 Å². The van der Waals surface area contributed by atoms with Crippen LogP contribution in [0.1, 0.15) is 116 Å². The Morgan fingerprint density at radius 1 is 0.500 bits per heavy atom. The van der Waals surface area contributed by atoms with E-state index in [1.165, 1.54) is 11.1 Å². The molecular weight excluding hydrogens is 439 g/mol. The predicted molar refractivity (Wildman–Crippen MR) is 146 cm³/mol. The molecular formula is C30H46O3P+. The third kappa shape index (κ3) is 6.63. The summed E-state index contributed by atoms with van der Waals surface area (Å²) in [5.74, 6) is 1.25. The maximum atomic E-state index is 13.2. The van der Waals surface area contributed by atoms with Crippen LogP contribution in [0.5, 0.6) is 11.5 Å². The zero-order valence-electron chi connectivity index (χ0n) is 24.0. The van der Waals surface area contributed by atoms with Gasteiger partial charge < -0.3 is 0 Å². The van der Waals surface area contributed by atoms with Crippen molar-refractivity contribution in [1.82, 2.24) is 0 Å². The average Bonchev–Trinajstić information content (AvgIpc) is 2.57. The topological polar surface area (TPSA) is 35.5 Å². The lowest BCUT2D eigenvalue weighted by Crippen LogP contribution is -2.19. The molecule has 2 aromatic carbocycles. The summed E-state index contributed by atoms with van der Waals surface area (Å²) in [6.07, 6.45) is 0. The lowest BCUT2D eigenvalue weighted by Gasteiger charge is -2.27. The molecule has 0 aliphatic carbocycles. The molecule has 0 radical (unpaired) electrons. The lowest BCUT2D eigenvalue weighted by molar-refractivity contribution is 0.402. The largest absolute Gasteiger partial charge is 0.805 e. The highest BCUT2D eigenvalue weighted by atomic mass is 31.1. The van der Waals surface area contributed by atoms with E-state index in [-0.39, 0.29) is 21.7 Å². The van der Waals surface area contributed by atoms with Crippen molar-refractivity contribution in [3.63, 3.8) is 0 Å². The Hall–Kier alpha value is -1.86. The summed E-state index contributed by atoms with van der Waals surface area (Å²) < 4.78 is 25.3. The molecule has 0 N–H and O–H groups in total. The number of benzene rings is 2. The number of hydrogen-bond acceptors (Lipinski definition) is 3. The van der Waals surface area contributed by atoms with Gasteiger partial charge in [-0.05, 0) is 69.9 Å². The Bertz CT molecular complexity index is 983. The van der Waals surface area contributed by atoms with Crippen molar-refractivity contribution in [3.8, 4) is 11.5 Å². The predicted octanol–water partition coefficient (Wildman–Crippen LogP) is 9.61. The molecule has 0 spiro atoms. The van der Waals surface area contributed by atoms with E-state index in [0.717, 1.165) is 22.3 Å². The second kappa shape index (κ2) is 9.30. The van der Waals surface area contributed by atoms with E-state index >= 15 is 0 Å². The molecule has 0 bridgehead atoms. The summed E-state index contributed by atoms with van der Waals surface area (Å²) in [5.41, 5.74) is 6.54. The fourth-order valence-electron chi connectivity index (χ4n) is 4.48. The first-order chi connectivity index (χ1) is 15.1. The molecule has 0 atom stereocenters. The van der Waals surface area contributed by atoms with Gasteiger partial charge in [-0.1, -0.05) is 95.2 Å². The van der Waals surface area contributed by atoms with Crippen molar-refractivity contribution in [3.05, 3.63) is 57.6 Å². The minimum atomic E-state index is -2.41. The molecule has 3 nitrogen and oxygen atoms in total. The minimum absolute atomic E-state index is 0.00918. The van der Waals surface area contributed by atoms with E-state index in [2.05, 4.69) is 109 Å². The molecule has 0 amide bonds. The molecule has 2 rings (SSSR count). The molecule has 0 saturated heterocycles. The fourth-order valence-corrected chi connectivity index (χ4v) is 5.14. The van der Waals surface area contributed by atoms with Crippen LogP contribution in [-0.2, 0) is 26.2 Å². The highest BCUT2D eigenvalue weighted by Gasteiger charge is 2.34. The van der Waals surface area contributed by atoms with Gasteiger partial charge in [-0.15, -0.1) is 0 Å². The zero-order valence-corrected chi connectivity index (χ0v) is 24.9. The third-order valence-corrected chi connectivity index (χ3v) is 6.92. The Kier molecular flexibility index (Phi) is 7.77. The third-order valence-electron chi connectivity index (χ3n) is 6.23. The maximum absolute atomic E-state index is 13.2. The molecule has 0 heterocycles. The van der Waals surface area contributed by atoms with Gasteiger partial charge in [-0.2, -0.15) is 0 Å². The summed E-state index contributed by atoms with van der Waals surface area (Å²) in [7, 11) is -2.41. The van der Waals surface area contributed by atoms with E-state index in [0.29, 0.717) is 11.5 Å². The number of hydrogen-bond donors (Lipinski definition) is 0. The SMILES string of the molecule is Cc1cc(O[P+](=O)Oc2cc(C)c(C(C)(C)C)cc2C(C)(C)C)c(C(C)(C)C)cc1C(C)(C)C. The standard InChI is InChI=1S/C30H46O3P/c1-19-15-25(23(29(9,10)11)17-21(19)27(3,4)5)32-34(31)33-26-16-20(2)22(28(6,7)8)18-24(26)30(12,13)14/h15-18H,1-14H3/q+1. The van der Waals surface area contributed by atoms with Crippen LogP contribution in [0.3, 0.4) is 0 Å². The molecule has 34 heavy (non-hydrogen) atoms. The molecule has 0 saturated carbocycles. The van der Waals surface area contributed by atoms with Crippen LogP contribution in [0.15, 0.2) is 24.3 Å². The molecule has 0 aliphatic heterocycles. The number of rotatable bonds is 4. The van der Waals surface area contributed by atoms with Crippen LogP contribution < -0.4 is 9.05 Å². The van der Waals surface area contributed by atoms with Crippen LogP contribution >= 0.6 is 8.25 Å². The van der Waals surface area contributed by atoms with Gasteiger partial charge in [0.25, 0.3) is 0 Å². The van der Waals surface area contributed by atoms with E-state index in [1.54, 1.807) is 0 Å². The van der Waals surface area contributed by atoms with Crippen molar-refractivity contribution in [1.29, 1.82) is 0 Å². The monoisotopic (exact) mass is 485 g/mol. The van der Waals surface area contributed by atoms with Crippen LogP contribution in [0.4, 0.5) is 0 Å². The van der Waals surface area contributed by atoms with Crippen molar-refractivity contribution >= 4 is 8.25 Å². The first kappa shape index (κ1) is 28.4. The van der Waals surface area contributed by atoms with Gasteiger partial charge in [0.2, 0.25) is 0 Å². The lowest BCUT2D eigenvalue weighted by atomic mass is 9.78. The zero-order chi connectivity index (χ0) is 26.4. The van der Waals surface area contributed by atoms with Crippen LogP contribution in [0.25, 0.3) is 0 Å². The van der Waals surface area contributed by atoms with Gasteiger partial charge in [0.05, 0.1) is 0 Å². The summed E-state index contributed by atoms with van der Waals surface area (Å²) in [6, 6.07) is 8.43. The molecule has 0 unspecified atom stereocenters. The van der Waals surface area contributed by atoms with Gasteiger partial charge >= 0.3 is 8.25 Å². The first-order valence-electron chi connectivity index (χ1n) is 12.3. The smallest absolute Gasteiger partial charge is 0.222 e. The van der Waals surface area contributed by atoms with Gasteiger partial charge in [-0.25, -0.2) is 9.05 Å². The molecule has 4 heteroatoms. The summed E-state index contributed by atoms with van der Waals surface area (Å²) in [6.45, 7) is 30.3. The Labute approximate surface area is 209 Å². The molecule has 188 valence electrons. The van der Waals surface area contributed by atoms with Gasteiger partial charge in [0, 0.05) is 15.7 Å². The van der Waals surface area contributed by atoms with Crippen LogP contribution in [0, 0.1) is 13.8 Å². The normalized spacial score (nSPS) is 13.1. The van der Waals surface area contributed by atoms with Crippen molar-refractivity contribution in [2.24, 2.45) is 0 Å². The highest BCUT2D eigenvalue weighted by Crippen LogP contribution is 2.44. The van der Waals surface area contributed by atoms with E-state index < -0.39 is 8.25 Å². The Morgan fingerprint density at radius 2 is 0.765 bits per heavy atom. The van der Waals surface area contributed by atoms with E-state index in [1.807, 2.05) is 12.1 Å². The van der Waals surface area contributed by atoms with Crippen molar-refractivity contribution < 1.29 is 13.6 Å². The second-order valence-electron chi connectivity index (χ2n) is 13.7. The first-order valence-corrected chi connectivity index (χ1v) is 13.4. The van der Waals surface area contributed by atoms with Gasteiger partial charge in [0.15, 0.2) is 11.5 Å². The summed E-state index contributed by atoms with van der Waals surface area (Å²) >= 11 is 0. The fraction of sp³-hybridized carbons (Fsp3) is 0.600. The molecule has 0 aromatic heterocycles. The second-order valence-corrected chi connectivity index (χ2v) is 14.5. The maximum Gasteiger partial charge on any atom is 0.805 e. The van der Waals surface area contributed by atoms with Gasteiger partial charge in [0.1, 0.15) is 0 Å². The summed E-state index contributed by atoms with van der Waals surface area (Å²) in [4.78, 5) is 0. The van der Waals surface area contributed by atoms with Crippen LogP contribution in [-0.4, -0.2) is 0 Å². The number of aryl methyl sites for hydroxylation is 2. The Morgan fingerprint density at radius 3 is 1.00 bits per heavy atom. The molecule has 0 aliphatic rings. The van der Waals surface area contributed by atoms with Crippen molar-refractivity contribution in [2.75, 3.05) is 0 Å². The van der Waals surface area contributed by atoms with Crippen LogP contribution in [0.2, 0.25) is 0 Å². The highest BCUT2D eigenvalue weighted by molar-refractivity contribution is 7.34. The summed E-state index contributed by atoms with van der Waals surface area (Å²) in [5, 5.41) is 0. The Balaban J connectivity index is 2.51. The van der Waals surface area contributed by atoms with E-state index in [4.69, 9.17) is 9.05 Å². The molecule has 2 aromatic rings.